The number of piperidine rings is 1. The average molecular weight is 357 g/mol. The Morgan fingerprint density at radius 1 is 1.18 bits per heavy atom. The summed E-state index contributed by atoms with van der Waals surface area (Å²) in [6.07, 6.45) is 1.76. The van der Waals surface area contributed by atoms with Crippen LogP contribution in [0.1, 0.15) is 12.8 Å². The van der Waals surface area contributed by atoms with Crippen molar-refractivity contribution >= 4 is 22.6 Å². The molecule has 0 aromatic rings. The number of nitrogens with one attached hydrogen (secondary N) is 2. The number of hydrogen-bond donors (Lipinski definition) is 2. The van der Waals surface area contributed by atoms with Crippen molar-refractivity contribution in [3.05, 3.63) is 0 Å². The maximum atomic E-state index is 12.2. The molecule has 0 spiro atoms. The molecule has 2 heterocycles. The van der Waals surface area contributed by atoms with Gasteiger partial charge in [0.05, 0.1) is 0 Å². The lowest BCUT2D eigenvalue weighted by molar-refractivity contribution is 0.121. The van der Waals surface area contributed by atoms with Gasteiger partial charge < -0.3 is 10.1 Å². The average Bonchev–Trinajstić information content (AvgIpc) is 2.49. The quantitative estimate of drug-likeness (QED) is 0.643. The molecule has 0 bridgehead atoms. The highest BCUT2D eigenvalue weighted by Crippen LogP contribution is 2.18. The fraction of sp³-hybridized carbons (Fsp3) is 1.00. The molecule has 2 saturated heterocycles. The molecule has 0 unspecified atom stereocenters. The lowest BCUT2D eigenvalue weighted by atomic mass is 9.99. The summed E-state index contributed by atoms with van der Waals surface area (Å²) in [5.41, 5.74) is 0. The van der Waals surface area contributed by atoms with Crippen LogP contribution in [0.15, 0.2) is 0 Å². The summed E-state index contributed by atoms with van der Waals surface area (Å²) in [6, 6.07) is 0. The predicted molar refractivity (Wildman–Crippen MR) is 89.7 cm³/mol. The lowest BCUT2D eigenvalue weighted by Gasteiger charge is -2.31. The van der Waals surface area contributed by atoms with Crippen molar-refractivity contribution in [2.45, 2.75) is 12.8 Å². The molecule has 2 aliphatic rings. The number of piperazine rings is 1. The van der Waals surface area contributed by atoms with Crippen molar-refractivity contribution in [3.8, 4) is 0 Å². The molecule has 0 amide bonds. The fourth-order valence-corrected chi connectivity index (χ4v) is 4.13. The van der Waals surface area contributed by atoms with E-state index in [9.17, 15) is 8.42 Å². The Balaban J connectivity index is 0.00000242. The minimum absolute atomic E-state index is 0. The number of rotatable bonds is 7. The van der Waals surface area contributed by atoms with Gasteiger partial charge in [-0.25, -0.2) is 4.72 Å². The molecular weight excluding hydrogens is 328 g/mol. The van der Waals surface area contributed by atoms with Crippen LogP contribution in [0.2, 0.25) is 0 Å². The highest BCUT2D eigenvalue weighted by molar-refractivity contribution is 7.87. The molecule has 0 aromatic heterocycles. The first-order valence-electron chi connectivity index (χ1n) is 7.78. The first-order chi connectivity index (χ1) is 10.1. The van der Waals surface area contributed by atoms with Crippen LogP contribution in [-0.2, 0) is 14.9 Å². The van der Waals surface area contributed by atoms with Crippen LogP contribution >= 0.6 is 12.4 Å². The topological polar surface area (TPSA) is 73.9 Å². The summed E-state index contributed by atoms with van der Waals surface area (Å²) in [7, 11) is -1.63. The Morgan fingerprint density at radius 3 is 2.41 bits per heavy atom. The third-order valence-corrected chi connectivity index (χ3v) is 5.85. The minimum Gasteiger partial charge on any atom is -0.384 e. The van der Waals surface area contributed by atoms with Crippen molar-refractivity contribution in [2.75, 3.05) is 66.1 Å². The Hall–Kier alpha value is 0.0400. The van der Waals surface area contributed by atoms with E-state index in [0.29, 0.717) is 25.6 Å². The maximum absolute atomic E-state index is 12.2. The van der Waals surface area contributed by atoms with Crippen molar-refractivity contribution in [2.24, 2.45) is 5.92 Å². The van der Waals surface area contributed by atoms with E-state index in [0.717, 1.165) is 52.2 Å². The summed E-state index contributed by atoms with van der Waals surface area (Å²) < 4.78 is 33.9. The highest BCUT2D eigenvalue weighted by atomic mass is 35.5. The van der Waals surface area contributed by atoms with E-state index in [1.165, 1.54) is 0 Å². The van der Waals surface area contributed by atoms with Gasteiger partial charge in [0.2, 0.25) is 0 Å². The van der Waals surface area contributed by atoms with E-state index < -0.39 is 10.2 Å². The molecule has 0 atom stereocenters. The molecule has 132 valence electrons. The van der Waals surface area contributed by atoms with E-state index in [-0.39, 0.29) is 12.4 Å². The maximum Gasteiger partial charge on any atom is 0.279 e. The molecular formula is C13H29ClN4O3S. The molecule has 22 heavy (non-hydrogen) atoms. The fourth-order valence-electron chi connectivity index (χ4n) is 2.91. The van der Waals surface area contributed by atoms with E-state index >= 15 is 0 Å². The number of ether oxygens (including phenoxy) is 1. The van der Waals surface area contributed by atoms with Crippen molar-refractivity contribution in [1.29, 1.82) is 0 Å². The minimum atomic E-state index is -3.32. The summed E-state index contributed by atoms with van der Waals surface area (Å²) in [5.74, 6) is 0.488. The Labute approximate surface area is 140 Å². The van der Waals surface area contributed by atoms with Crippen LogP contribution in [0.25, 0.3) is 0 Å². The summed E-state index contributed by atoms with van der Waals surface area (Å²) in [5, 5.41) is 3.29. The third kappa shape index (κ3) is 6.27. The van der Waals surface area contributed by atoms with Gasteiger partial charge in [0.1, 0.15) is 0 Å². The molecule has 9 heteroatoms. The van der Waals surface area contributed by atoms with Crippen LogP contribution in [0, 0.1) is 5.92 Å². The molecule has 0 aliphatic carbocycles. The molecule has 2 rings (SSSR count). The van der Waals surface area contributed by atoms with Gasteiger partial charge in [-0.3, -0.25) is 4.90 Å². The van der Waals surface area contributed by atoms with Crippen LogP contribution < -0.4 is 10.0 Å². The van der Waals surface area contributed by atoms with E-state index in [1.54, 1.807) is 11.4 Å². The van der Waals surface area contributed by atoms with Gasteiger partial charge in [0.15, 0.2) is 0 Å². The van der Waals surface area contributed by atoms with Gasteiger partial charge in [-0.2, -0.15) is 12.7 Å². The number of hydrogen-bond acceptors (Lipinski definition) is 5. The SMILES string of the molecule is COCC1CCN(S(=O)(=O)NCCN2CCNCC2)CC1.Cl. The Morgan fingerprint density at radius 2 is 1.82 bits per heavy atom. The third-order valence-electron chi connectivity index (χ3n) is 4.24. The summed E-state index contributed by atoms with van der Waals surface area (Å²) >= 11 is 0. The first-order valence-corrected chi connectivity index (χ1v) is 9.22. The number of halogens is 1. The second-order valence-corrected chi connectivity index (χ2v) is 7.54. The monoisotopic (exact) mass is 356 g/mol. The largest absolute Gasteiger partial charge is 0.384 e. The Bertz CT molecular complexity index is 396. The zero-order valence-corrected chi connectivity index (χ0v) is 14.9. The zero-order valence-electron chi connectivity index (χ0n) is 13.3. The standard InChI is InChI=1S/C13H28N4O3S.ClH/c1-20-12-13-2-7-17(8-3-13)21(18,19)15-6-11-16-9-4-14-5-10-16;/h13-15H,2-12H2,1H3;1H. The number of nitrogens with zero attached hydrogens (tertiary/aromatic N) is 2. The summed E-state index contributed by atoms with van der Waals surface area (Å²) in [4.78, 5) is 2.28. The first kappa shape index (κ1) is 20.1. The van der Waals surface area contributed by atoms with Gasteiger partial charge in [-0.15, -0.1) is 12.4 Å². The van der Waals surface area contributed by atoms with Gasteiger partial charge in [0.25, 0.3) is 10.2 Å². The van der Waals surface area contributed by atoms with E-state index in [2.05, 4.69) is 14.9 Å². The van der Waals surface area contributed by atoms with Crippen LogP contribution in [0.4, 0.5) is 0 Å². The highest BCUT2D eigenvalue weighted by Gasteiger charge is 2.27. The molecule has 0 aromatic carbocycles. The van der Waals surface area contributed by atoms with E-state index in [4.69, 9.17) is 4.74 Å². The summed E-state index contributed by atoms with van der Waals surface area (Å²) in [6.45, 7) is 7.13. The smallest absolute Gasteiger partial charge is 0.279 e. The molecule has 2 aliphatic heterocycles. The van der Waals surface area contributed by atoms with Crippen LogP contribution in [-0.4, -0.2) is 83.7 Å². The molecule has 0 radical (unpaired) electrons. The predicted octanol–water partition coefficient (Wildman–Crippen LogP) is -0.494. The normalized spacial score (nSPS) is 22.4. The van der Waals surface area contributed by atoms with Gasteiger partial charge in [-0.05, 0) is 18.8 Å². The zero-order chi connectivity index (χ0) is 15.1. The second kappa shape index (κ2) is 10.0. The Kier molecular flexibility index (Phi) is 9.15. The lowest BCUT2D eigenvalue weighted by Crippen LogP contribution is -2.49. The molecule has 2 fully saturated rings. The van der Waals surface area contributed by atoms with Crippen LogP contribution in [0.3, 0.4) is 0 Å². The van der Waals surface area contributed by atoms with Crippen molar-refractivity contribution in [3.63, 3.8) is 0 Å². The molecule has 0 saturated carbocycles. The molecule has 2 N–H and O–H groups in total. The van der Waals surface area contributed by atoms with E-state index in [1.807, 2.05) is 0 Å². The van der Waals surface area contributed by atoms with Crippen molar-refractivity contribution < 1.29 is 13.2 Å². The number of methoxy groups -OCH3 is 1. The molecule has 7 nitrogen and oxygen atoms in total. The van der Waals surface area contributed by atoms with Gasteiger partial charge in [0, 0.05) is 66.1 Å². The second-order valence-electron chi connectivity index (χ2n) is 5.79. The van der Waals surface area contributed by atoms with Gasteiger partial charge >= 0.3 is 0 Å². The van der Waals surface area contributed by atoms with Crippen molar-refractivity contribution in [1.82, 2.24) is 19.2 Å². The van der Waals surface area contributed by atoms with Gasteiger partial charge in [-0.1, -0.05) is 0 Å². The van der Waals surface area contributed by atoms with Crippen LogP contribution in [0.5, 0.6) is 0 Å².